The topological polar surface area (TPSA) is 88.7 Å². The summed E-state index contributed by atoms with van der Waals surface area (Å²) in [6.45, 7) is 4.73. The first-order chi connectivity index (χ1) is 16.4. The van der Waals surface area contributed by atoms with Gasteiger partial charge in [0.2, 0.25) is 0 Å². The predicted molar refractivity (Wildman–Crippen MR) is 127 cm³/mol. The molecule has 1 aromatic carbocycles. The van der Waals surface area contributed by atoms with Crippen LogP contribution in [0.3, 0.4) is 0 Å². The molecule has 1 amide bonds. The number of rotatable bonds is 4. The molecule has 2 aliphatic rings. The van der Waals surface area contributed by atoms with Gasteiger partial charge in [0.1, 0.15) is 16.9 Å². The summed E-state index contributed by atoms with van der Waals surface area (Å²) < 4.78 is 11.9. The van der Waals surface area contributed by atoms with Gasteiger partial charge in [0.15, 0.2) is 5.58 Å². The number of aromatic nitrogens is 2. The average molecular weight is 456 g/mol. The lowest BCUT2D eigenvalue weighted by molar-refractivity contribution is 0.0259. The van der Waals surface area contributed by atoms with Crippen molar-refractivity contribution < 1.29 is 19.1 Å². The number of ether oxygens (including phenoxy) is 1. The smallest absolute Gasteiger partial charge is 0.254 e. The van der Waals surface area contributed by atoms with Gasteiger partial charge in [0, 0.05) is 41.7 Å². The second-order valence-electron chi connectivity index (χ2n) is 9.55. The van der Waals surface area contributed by atoms with E-state index in [0.717, 1.165) is 28.6 Å². The molecule has 5 heterocycles. The number of fused-ring (bicyclic) bond motifs is 3. The van der Waals surface area contributed by atoms with Crippen molar-refractivity contribution in [3.8, 4) is 22.5 Å². The van der Waals surface area contributed by atoms with E-state index < -0.39 is 5.60 Å². The number of pyridine rings is 2. The molecule has 0 unspecified atom stereocenters. The fourth-order valence-corrected chi connectivity index (χ4v) is 4.83. The normalized spacial score (nSPS) is 19.8. The van der Waals surface area contributed by atoms with Gasteiger partial charge in [-0.1, -0.05) is 12.1 Å². The number of hydrogen-bond donors (Lipinski definition) is 1. The fourth-order valence-electron chi connectivity index (χ4n) is 4.83. The molecular formula is C27H25N3O4. The number of likely N-dealkylation sites (tertiary alicyclic amines) is 1. The second kappa shape index (κ2) is 7.75. The molecule has 2 saturated heterocycles. The van der Waals surface area contributed by atoms with Crippen LogP contribution in [0.1, 0.15) is 36.3 Å². The Morgan fingerprint density at radius 3 is 2.56 bits per heavy atom. The van der Waals surface area contributed by atoms with Crippen LogP contribution >= 0.6 is 0 Å². The van der Waals surface area contributed by atoms with E-state index >= 15 is 0 Å². The fraction of sp³-hybridized carbons (Fsp3) is 0.296. The quantitative estimate of drug-likeness (QED) is 0.491. The van der Waals surface area contributed by atoms with Gasteiger partial charge in [-0.2, -0.15) is 0 Å². The van der Waals surface area contributed by atoms with Crippen LogP contribution < -0.4 is 0 Å². The van der Waals surface area contributed by atoms with Crippen molar-refractivity contribution in [1.29, 1.82) is 0 Å². The lowest BCUT2D eigenvalue weighted by Gasteiger charge is -2.26. The van der Waals surface area contributed by atoms with Gasteiger partial charge in [0.05, 0.1) is 24.4 Å². The Hall–Kier alpha value is -3.55. The number of hydrogen-bond acceptors (Lipinski definition) is 6. The monoisotopic (exact) mass is 455 g/mol. The molecule has 2 bridgehead atoms. The van der Waals surface area contributed by atoms with E-state index in [-0.39, 0.29) is 18.1 Å². The van der Waals surface area contributed by atoms with Crippen LogP contribution in [0.4, 0.5) is 0 Å². The number of benzene rings is 1. The van der Waals surface area contributed by atoms with E-state index in [4.69, 9.17) is 9.15 Å². The predicted octanol–water partition coefficient (Wildman–Crippen LogP) is 4.40. The minimum atomic E-state index is -1.04. The van der Waals surface area contributed by atoms with Gasteiger partial charge >= 0.3 is 0 Å². The Balaban J connectivity index is 1.31. The molecule has 7 heteroatoms. The highest BCUT2D eigenvalue weighted by atomic mass is 16.5. The molecule has 0 saturated carbocycles. The zero-order valence-electron chi connectivity index (χ0n) is 19.1. The number of aliphatic hydroxyl groups is 1. The highest BCUT2D eigenvalue weighted by molar-refractivity contribution is 5.96. The van der Waals surface area contributed by atoms with E-state index in [1.807, 2.05) is 53.4 Å². The number of carbonyl (C=O) groups is 1. The maximum Gasteiger partial charge on any atom is 0.254 e. The third-order valence-corrected chi connectivity index (χ3v) is 6.69. The zero-order valence-corrected chi connectivity index (χ0v) is 19.1. The highest BCUT2D eigenvalue weighted by Gasteiger charge is 2.41. The minimum absolute atomic E-state index is 0.0520. The molecule has 6 rings (SSSR count). The Bertz CT molecular complexity index is 1390. The van der Waals surface area contributed by atoms with Gasteiger partial charge < -0.3 is 19.2 Å². The molecule has 1 N–H and O–H groups in total. The summed E-state index contributed by atoms with van der Waals surface area (Å²) in [5, 5.41) is 10.4. The third kappa shape index (κ3) is 3.57. The van der Waals surface area contributed by atoms with Crippen LogP contribution in [0.2, 0.25) is 0 Å². The highest BCUT2D eigenvalue weighted by Crippen LogP contribution is 2.35. The summed E-state index contributed by atoms with van der Waals surface area (Å²) in [7, 11) is 0. The number of nitrogens with zero attached hydrogens (tertiary/aromatic N) is 3. The summed E-state index contributed by atoms with van der Waals surface area (Å²) in [6, 6.07) is 15.3. The standard InChI is InChI=1S/C27H25N3O4/c1-27(2,32)24-11-18(7-9-29-24)21-8-10-28-22-13-23(34-25(21)22)16-3-5-17(6-4-16)26(31)30-14-20-12-19(30)15-33-20/h3-11,13,19-20,32H,12,14-15H2,1-2H3/t19-,20-/m0/s1. The Morgan fingerprint density at radius 1 is 1.06 bits per heavy atom. The van der Waals surface area contributed by atoms with Crippen molar-refractivity contribution in [2.45, 2.75) is 38.0 Å². The van der Waals surface area contributed by atoms with Gasteiger partial charge in [-0.05, 0) is 56.2 Å². The summed E-state index contributed by atoms with van der Waals surface area (Å²) >= 11 is 0. The van der Waals surface area contributed by atoms with Crippen molar-refractivity contribution >= 4 is 17.0 Å². The average Bonchev–Trinajstić information content (AvgIpc) is 3.58. The Kier molecular flexibility index (Phi) is 4.79. The van der Waals surface area contributed by atoms with Crippen LogP contribution in [-0.4, -0.2) is 51.2 Å². The van der Waals surface area contributed by atoms with Crippen LogP contribution in [0.25, 0.3) is 33.6 Å². The number of carbonyl (C=O) groups excluding carboxylic acids is 1. The largest absolute Gasteiger partial charge is 0.454 e. The first-order valence-corrected chi connectivity index (χ1v) is 11.5. The summed E-state index contributed by atoms with van der Waals surface area (Å²) in [5.41, 5.74) is 4.26. The molecule has 7 nitrogen and oxygen atoms in total. The molecule has 2 aliphatic heterocycles. The van der Waals surface area contributed by atoms with E-state index in [1.165, 1.54) is 0 Å². The molecule has 3 aromatic heterocycles. The van der Waals surface area contributed by atoms with E-state index in [0.29, 0.717) is 35.8 Å². The minimum Gasteiger partial charge on any atom is -0.454 e. The van der Waals surface area contributed by atoms with Crippen molar-refractivity contribution in [1.82, 2.24) is 14.9 Å². The molecule has 0 radical (unpaired) electrons. The summed E-state index contributed by atoms with van der Waals surface area (Å²) in [4.78, 5) is 23.6. The first-order valence-electron chi connectivity index (χ1n) is 11.5. The molecule has 172 valence electrons. The van der Waals surface area contributed by atoms with E-state index in [9.17, 15) is 9.90 Å². The number of amides is 1. The van der Waals surface area contributed by atoms with Crippen molar-refractivity contribution in [3.05, 3.63) is 72.2 Å². The van der Waals surface area contributed by atoms with Crippen molar-refractivity contribution in [3.63, 3.8) is 0 Å². The van der Waals surface area contributed by atoms with Gasteiger partial charge in [0.25, 0.3) is 5.91 Å². The lowest BCUT2D eigenvalue weighted by atomic mass is 10.00. The van der Waals surface area contributed by atoms with Gasteiger partial charge in [-0.25, -0.2) is 0 Å². The van der Waals surface area contributed by atoms with E-state index in [1.54, 1.807) is 26.2 Å². The molecule has 2 atom stereocenters. The Labute approximate surface area is 197 Å². The lowest BCUT2D eigenvalue weighted by Crippen LogP contribution is -2.41. The van der Waals surface area contributed by atoms with E-state index in [2.05, 4.69) is 9.97 Å². The van der Waals surface area contributed by atoms with Gasteiger partial charge in [-0.3, -0.25) is 14.8 Å². The van der Waals surface area contributed by atoms with Crippen LogP contribution in [0.15, 0.2) is 65.3 Å². The van der Waals surface area contributed by atoms with Crippen molar-refractivity contribution in [2.24, 2.45) is 0 Å². The molecule has 4 aromatic rings. The maximum absolute atomic E-state index is 12.9. The third-order valence-electron chi connectivity index (χ3n) is 6.69. The molecule has 2 fully saturated rings. The summed E-state index contributed by atoms with van der Waals surface area (Å²) in [6.07, 6.45) is 4.56. The SMILES string of the molecule is CC(C)(O)c1cc(-c2ccnc3cc(-c4ccc(C(=O)N5C[C@@H]6C[C@H]5CO6)cc4)oc23)ccn1. The molecule has 34 heavy (non-hydrogen) atoms. The zero-order chi connectivity index (χ0) is 23.4. The van der Waals surface area contributed by atoms with Crippen LogP contribution in [0.5, 0.6) is 0 Å². The van der Waals surface area contributed by atoms with Gasteiger partial charge in [-0.15, -0.1) is 0 Å². The maximum atomic E-state index is 12.9. The molecular weight excluding hydrogens is 430 g/mol. The number of morpholine rings is 1. The number of furan rings is 1. The van der Waals surface area contributed by atoms with Crippen LogP contribution in [-0.2, 0) is 10.3 Å². The summed E-state index contributed by atoms with van der Waals surface area (Å²) in [5.74, 6) is 0.732. The second-order valence-corrected chi connectivity index (χ2v) is 9.55. The van der Waals surface area contributed by atoms with Crippen LogP contribution in [0, 0.1) is 0 Å². The molecule has 0 spiro atoms. The van der Waals surface area contributed by atoms with Crippen molar-refractivity contribution in [2.75, 3.05) is 13.2 Å². The molecule has 0 aliphatic carbocycles. The first kappa shape index (κ1) is 21.0. The Morgan fingerprint density at radius 2 is 1.85 bits per heavy atom.